The van der Waals surface area contributed by atoms with E-state index in [1.807, 2.05) is 0 Å². The van der Waals surface area contributed by atoms with Gasteiger partial charge in [0.2, 0.25) is 0 Å². The molecule has 0 fully saturated rings. The van der Waals surface area contributed by atoms with Crippen LogP contribution in [0.5, 0.6) is 0 Å². The highest BCUT2D eigenvalue weighted by Crippen LogP contribution is 2.03. The number of hydrogen-bond donors (Lipinski definition) is 0. The molecule has 0 aliphatic rings. The van der Waals surface area contributed by atoms with Gasteiger partial charge in [0.1, 0.15) is 0 Å². The normalized spacial score (nSPS) is 11.2. The Hall–Kier alpha value is -0.460. The van der Waals surface area contributed by atoms with Crippen LogP contribution in [0, 0.1) is 17.8 Å². The molecule has 1 nitrogen and oxygen atoms in total. The van der Waals surface area contributed by atoms with Gasteiger partial charge >= 0.3 is 0 Å². The molecule has 0 aliphatic carbocycles. The second-order valence-electron chi connectivity index (χ2n) is 5.96. The highest BCUT2D eigenvalue weighted by Gasteiger charge is 2.03. The molecule has 0 rings (SSSR count). The largest absolute Gasteiger partial charge is 0.377 e. The highest BCUT2D eigenvalue weighted by atomic mass is 15.1. The molecule has 0 N–H and O–H groups in total. The monoisotopic (exact) mass is 227 g/mol. The van der Waals surface area contributed by atoms with Crippen molar-refractivity contribution in [2.24, 2.45) is 17.8 Å². The summed E-state index contributed by atoms with van der Waals surface area (Å²) in [6.45, 7) is 20.0. The molecule has 98 valence electrons. The summed E-state index contributed by atoms with van der Waals surface area (Å²) in [5.74, 6) is 2.33. The summed E-state index contributed by atoms with van der Waals surface area (Å²) in [6.07, 6.45) is 4.31. The molecular weight excluding hydrogens is 194 g/mol. The predicted molar refractivity (Wildman–Crippen MR) is 76.6 cm³/mol. The van der Waals surface area contributed by atoms with Gasteiger partial charge < -0.3 is 4.90 Å². The lowest BCUT2D eigenvalue weighted by Crippen LogP contribution is -2.26. The number of nitrogens with zero attached hydrogens (tertiary/aromatic N) is 1. The van der Waals surface area contributed by atoms with Crippen molar-refractivity contribution < 1.29 is 0 Å². The predicted octanol–water partition coefficient (Wildman–Crippen LogP) is 4.80. The number of rotatable bonds is 5. The van der Waals surface area contributed by atoms with E-state index in [4.69, 9.17) is 0 Å². The van der Waals surface area contributed by atoms with Crippen molar-refractivity contribution in [3.05, 3.63) is 12.3 Å². The van der Waals surface area contributed by atoms with Crippen LogP contribution in [-0.4, -0.2) is 18.0 Å². The first-order valence-corrected chi connectivity index (χ1v) is 6.66. The molecule has 0 aromatic heterocycles. The molecule has 0 aliphatic heterocycles. The Morgan fingerprint density at radius 3 is 1.31 bits per heavy atom. The molecule has 0 aromatic rings. The van der Waals surface area contributed by atoms with Crippen LogP contribution in [0.4, 0.5) is 0 Å². The Morgan fingerprint density at radius 1 is 0.812 bits per heavy atom. The van der Waals surface area contributed by atoms with Crippen molar-refractivity contribution in [1.82, 2.24) is 4.90 Å². The summed E-state index contributed by atoms with van der Waals surface area (Å²) in [6, 6.07) is 0. The van der Waals surface area contributed by atoms with Crippen molar-refractivity contribution in [1.29, 1.82) is 0 Å². The maximum atomic E-state index is 2.40. The first-order valence-electron chi connectivity index (χ1n) is 6.66. The number of allylic oxidation sites excluding steroid dienone is 1. The third-order valence-electron chi connectivity index (χ3n) is 1.56. The first-order chi connectivity index (χ1) is 7.29. The van der Waals surface area contributed by atoms with Crippen LogP contribution in [0.15, 0.2) is 12.3 Å². The van der Waals surface area contributed by atoms with Gasteiger partial charge in [-0.15, -0.1) is 0 Å². The van der Waals surface area contributed by atoms with Crippen LogP contribution in [0.3, 0.4) is 0 Å². The second kappa shape index (κ2) is 11.0. The van der Waals surface area contributed by atoms with Crippen LogP contribution >= 0.6 is 0 Å². The van der Waals surface area contributed by atoms with Gasteiger partial charge in [-0.05, 0) is 30.9 Å². The van der Waals surface area contributed by atoms with Crippen molar-refractivity contribution >= 4 is 0 Å². The van der Waals surface area contributed by atoms with Crippen molar-refractivity contribution in [3.8, 4) is 0 Å². The average Bonchev–Trinajstić information content (AvgIpc) is 1.99. The zero-order chi connectivity index (χ0) is 13.1. The third-order valence-corrected chi connectivity index (χ3v) is 1.56. The maximum absolute atomic E-state index is 2.40. The molecule has 0 amide bonds. The number of hydrogen-bond acceptors (Lipinski definition) is 1. The van der Waals surface area contributed by atoms with Gasteiger partial charge in [0.05, 0.1) is 0 Å². The van der Waals surface area contributed by atoms with Crippen molar-refractivity contribution in [3.63, 3.8) is 0 Å². The van der Waals surface area contributed by atoms with Gasteiger partial charge in [-0.1, -0.05) is 54.5 Å². The summed E-state index contributed by atoms with van der Waals surface area (Å²) in [4.78, 5) is 2.40. The zero-order valence-electron chi connectivity index (χ0n) is 12.7. The molecule has 0 atom stereocenters. The fraction of sp³-hybridized carbons (Fsp3) is 0.867. The average molecular weight is 227 g/mol. The SMILES string of the molecule is C/C=C/N(CC(C)C)CC(C)C.CC(C)C. The van der Waals surface area contributed by atoms with Crippen LogP contribution in [0.1, 0.15) is 55.4 Å². The molecule has 0 aromatic carbocycles. The summed E-state index contributed by atoms with van der Waals surface area (Å²) in [5, 5.41) is 0. The lowest BCUT2D eigenvalue weighted by atomic mass is 10.1. The fourth-order valence-electron chi connectivity index (χ4n) is 1.35. The van der Waals surface area contributed by atoms with E-state index in [2.05, 4.69) is 72.6 Å². The van der Waals surface area contributed by atoms with Gasteiger partial charge in [0, 0.05) is 13.1 Å². The molecule has 0 spiro atoms. The molecule has 0 saturated carbocycles. The zero-order valence-corrected chi connectivity index (χ0v) is 12.7. The Bertz CT molecular complexity index is 144. The van der Waals surface area contributed by atoms with E-state index >= 15 is 0 Å². The van der Waals surface area contributed by atoms with Crippen molar-refractivity contribution in [2.45, 2.75) is 55.4 Å². The smallest absolute Gasteiger partial charge is 0.0195 e. The van der Waals surface area contributed by atoms with Crippen LogP contribution in [-0.2, 0) is 0 Å². The molecule has 0 saturated heterocycles. The third kappa shape index (κ3) is 19.2. The van der Waals surface area contributed by atoms with Gasteiger partial charge in [0.15, 0.2) is 0 Å². The van der Waals surface area contributed by atoms with E-state index < -0.39 is 0 Å². The van der Waals surface area contributed by atoms with E-state index in [9.17, 15) is 0 Å². The van der Waals surface area contributed by atoms with Gasteiger partial charge in [-0.3, -0.25) is 0 Å². The minimum absolute atomic E-state index is 0.750. The second-order valence-corrected chi connectivity index (χ2v) is 5.96. The Labute approximate surface area is 104 Å². The Kier molecular flexibility index (Phi) is 12.4. The summed E-state index contributed by atoms with van der Waals surface area (Å²) < 4.78 is 0. The molecule has 0 unspecified atom stereocenters. The summed E-state index contributed by atoms with van der Waals surface area (Å²) in [5.41, 5.74) is 0. The van der Waals surface area contributed by atoms with Gasteiger partial charge in [-0.2, -0.15) is 0 Å². The quantitative estimate of drug-likeness (QED) is 0.652. The first kappa shape index (κ1) is 17.9. The molecule has 0 bridgehead atoms. The van der Waals surface area contributed by atoms with Gasteiger partial charge in [-0.25, -0.2) is 0 Å². The van der Waals surface area contributed by atoms with Crippen LogP contribution in [0.25, 0.3) is 0 Å². The lowest BCUT2D eigenvalue weighted by Gasteiger charge is -2.24. The molecule has 1 heteroatoms. The Balaban J connectivity index is 0. The lowest BCUT2D eigenvalue weighted by molar-refractivity contribution is 0.296. The van der Waals surface area contributed by atoms with E-state index in [1.165, 1.54) is 13.1 Å². The van der Waals surface area contributed by atoms with Crippen LogP contribution < -0.4 is 0 Å². The van der Waals surface area contributed by atoms with Crippen molar-refractivity contribution in [2.75, 3.05) is 13.1 Å². The van der Waals surface area contributed by atoms with Crippen LogP contribution in [0.2, 0.25) is 0 Å². The standard InChI is InChI=1S/C11H23N.C4H10/c1-6-7-12(8-10(2)3)9-11(4)5;1-4(2)3/h6-7,10-11H,8-9H2,1-5H3;4H,1-3H3/b7-6+;. The van der Waals surface area contributed by atoms with E-state index in [0.717, 1.165) is 17.8 Å². The molecule has 0 heterocycles. The van der Waals surface area contributed by atoms with E-state index in [-0.39, 0.29) is 0 Å². The maximum Gasteiger partial charge on any atom is 0.0195 e. The van der Waals surface area contributed by atoms with E-state index in [1.54, 1.807) is 0 Å². The molecule has 16 heavy (non-hydrogen) atoms. The topological polar surface area (TPSA) is 3.24 Å². The van der Waals surface area contributed by atoms with E-state index in [0.29, 0.717) is 0 Å². The Morgan fingerprint density at radius 2 is 1.12 bits per heavy atom. The summed E-state index contributed by atoms with van der Waals surface area (Å²) >= 11 is 0. The summed E-state index contributed by atoms with van der Waals surface area (Å²) in [7, 11) is 0. The minimum Gasteiger partial charge on any atom is -0.377 e. The fourth-order valence-corrected chi connectivity index (χ4v) is 1.35. The minimum atomic E-state index is 0.750. The molecule has 0 radical (unpaired) electrons. The highest BCUT2D eigenvalue weighted by molar-refractivity contribution is 4.79. The van der Waals surface area contributed by atoms with Gasteiger partial charge in [0.25, 0.3) is 0 Å². The molecular formula is C15H33N.